The first-order valence-corrected chi connectivity index (χ1v) is 6.26. The van der Waals surface area contributed by atoms with E-state index < -0.39 is 0 Å². The Labute approximate surface area is 96.7 Å². The van der Waals surface area contributed by atoms with E-state index in [2.05, 4.69) is 0 Å². The molecule has 3 nitrogen and oxygen atoms in total. The summed E-state index contributed by atoms with van der Waals surface area (Å²) in [6.45, 7) is 4.46. The standard InChI is InChI=1S/C11H20ClNO2/c1-2-15-10-5-8-13(9-6-10)11(14)4-3-7-12/h10H,2-9H2,1H3. The number of amides is 1. The third-order valence-corrected chi connectivity index (χ3v) is 2.99. The molecule has 0 aromatic carbocycles. The molecule has 0 aromatic rings. The van der Waals surface area contributed by atoms with Gasteiger partial charge in [-0.15, -0.1) is 11.6 Å². The van der Waals surface area contributed by atoms with Crippen molar-refractivity contribution in [3.63, 3.8) is 0 Å². The lowest BCUT2D eigenvalue weighted by Crippen LogP contribution is -2.40. The van der Waals surface area contributed by atoms with E-state index in [-0.39, 0.29) is 5.91 Å². The molecule has 0 bridgehead atoms. The minimum absolute atomic E-state index is 0.241. The summed E-state index contributed by atoms with van der Waals surface area (Å²) in [5, 5.41) is 0. The molecule has 1 heterocycles. The molecule has 1 saturated heterocycles. The van der Waals surface area contributed by atoms with Gasteiger partial charge in [-0.2, -0.15) is 0 Å². The van der Waals surface area contributed by atoms with Crippen LogP contribution in [-0.2, 0) is 9.53 Å². The van der Waals surface area contributed by atoms with Gasteiger partial charge < -0.3 is 9.64 Å². The van der Waals surface area contributed by atoms with Crippen LogP contribution in [0.15, 0.2) is 0 Å². The Kier molecular flexibility index (Phi) is 6.03. The van der Waals surface area contributed by atoms with Crippen molar-refractivity contribution in [2.24, 2.45) is 0 Å². The summed E-state index contributed by atoms with van der Waals surface area (Å²) in [6.07, 6.45) is 3.67. The summed E-state index contributed by atoms with van der Waals surface area (Å²) in [5.41, 5.74) is 0. The van der Waals surface area contributed by atoms with Crippen LogP contribution < -0.4 is 0 Å². The summed E-state index contributed by atoms with van der Waals surface area (Å²) < 4.78 is 5.53. The highest BCUT2D eigenvalue weighted by atomic mass is 35.5. The predicted octanol–water partition coefficient (Wildman–Crippen LogP) is 2.03. The van der Waals surface area contributed by atoms with Crippen LogP contribution in [0.4, 0.5) is 0 Å². The van der Waals surface area contributed by atoms with Crippen LogP contribution in [0, 0.1) is 0 Å². The number of alkyl halides is 1. The van der Waals surface area contributed by atoms with Crippen LogP contribution in [0.1, 0.15) is 32.6 Å². The second-order valence-electron chi connectivity index (χ2n) is 3.83. The number of nitrogens with zero attached hydrogens (tertiary/aromatic N) is 1. The summed E-state index contributed by atoms with van der Waals surface area (Å²) in [5.74, 6) is 0.812. The molecule has 1 fully saturated rings. The number of halogens is 1. The fourth-order valence-electron chi connectivity index (χ4n) is 1.88. The van der Waals surface area contributed by atoms with Crippen molar-refractivity contribution in [3.05, 3.63) is 0 Å². The van der Waals surface area contributed by atoms with Gasteiger partial charge >= 0.3 is 0 Å². The van der Waals surface area contributed by atoms with E-state index in [0.717, 1.165) is 39.0 Å². The molecule has 1 aliphatic rings. The van der Waals surface area contributed by atoms with Crippen molar-refractivity contribution in [3.8, 4) is 0 Å². The fraction of sp³-hybridized carbons (Fsp3) is 0.909. The first-order valence-electron chi connectivity index (χ1n) is 5.73. The van der Waals surface area contributed by atoms with Crippen LogP contribution in [0.3, 0.4) is 0 Å². The smallest absolute Gasteiger partial charge is 0.222 e. The van der Waals surface area contributed by atoms with E-state index in [1.54, 1.807) is 0 Å². The number of hydrogen-bond donors (Lipinski definition) is 0. The molecule has 15 heavy (non-hydrogen) atoms. The highest BCUT2D eigenvalue weighted by Gasteiger charge is 2.22. The molecule has 0 radical (unpaired) electrons. The number of ether oxygens (including phenoxy) is 1. The molecule has 0 aromatic heterocycles. The number of piperidine rings is 1. The zero-order valence-corrected chi connectivity index (χ0v) is 10.1. The molecule has 1 rings (SSSR count). The third kappa shape index (κ3) is 4.39. The maximum absolute atomic E-state index is 11.6. The largest absolute Gasteiger partial charge is 0.378 e. The molecule has 88 valence electrons. The van der Waals surface area contributed by atoms with E-state index in [1.165, 1.54) is 0 Å². The minimum atomic E-state index is 0.241. The minimum Gasteiger partial charge on any atom is -0.378 e. The van der Waals surface area contributed by atoms with Crippen molar-refractivity contribution in [2.75, 3.05) is 25.6 Å². The predicted molar refractivity (Wildman–Crippen MR) is 61.2 cm³/mol. The van der Waals surface area contributed by atoms with Gasteiger partial charge in [0.15, 0.2) is 0 Å². The summed E-state index contributed by atoms with van der Waals surface area (Å²) in [6, 6.07) is 0. The summed E-state index contributed by atoms with van der Waals surface area (Å²) in [7, 11) is 0. The number of rotatable bonds is 5. The quantitative estimate of drug-likeness (QED) is 0.680. The van der Waals surface area contributed by atoms with Gasteiger partial charge in [0.25, 0.3) is 0 Å². The van der Waals surface area contributed by atoms with Crippen LogP contribution in [0.2, 0.25) is 0 Å². The average molecular weight is 234 g/mol. The molecule has 0 aliphatic carbocycles. The Morgan fingerprint density at radius 2 is 2.13 bits per heavy atom. The lowest BCUT2D eigenvalue weighted by atomic mass is 10.1. The van der Waals surface area contributed by atoms with Gasteiger partial charge in [-0.1, -0.05) is 0 Å². The number of hydrogen-bond acceptors (Lipinski definition) is 2. The number of carbonyl (C=O) groups is 1. The zero-order chi connectivity index (χ0) is 11.1. The van der Waals surface area contributed by atoms with Crippen molar-refractivity contribution >= 4 is 17.5 Å². The maximum atomic E-state index is 11.6. The van der Waals surface area contributed by atoms with E-state index in [9.17, 15) is 4.79 Å². The van der Waals surface area contributed by atoms with Crippen LogP contribution in [0.25, 0.3) is 0 Å². The molecule has 0 atom stereocenters. The Balaban J connectivity index is 2.21. The molecule has 4 heteroatoms. The van der Waals surface area contributed by atoms with Crippen molar-refractivity contribution in [1.29, 1.82) is 0 Å². The monoisotopic (exact) mass is 233 g/mol. The van der Waals surface area contributed by atoms with E-state index in [4.69, 9.17) is 16.3 Å². The first-order chi connectivity index (χ1) is 7.27. The van der Waals surface area contributed by atoms with Gasteiger partial charge in [0.2, 0.25) is 5.91 Å². The Bertz CT molecular complexity index is 191. The molecule has 0 N–H and O–H groups in total. The van der Waals surface area contributed by atoms with Gasteiger partial charge in [-0.05, 0) is 26.2 Å². The first kappa shape index (κ1) is 12.8. The van der Waals surface area contributed by atoms with Gasteiger partial charge in [-0.3, -0.25) is 4.79 Å². The zero-order valence-electron chi connectivity index (χ0n) is 9.38. The molecule has 0 saturated carbocycles. The normalized spacial score (nSPS) is 18.1. The van der Waals surface area contributed by atoms with Gasteiger partial charge in [-0.25, -0.2) is 0 Å². The lowest BCUT2D eigenvalue weighted by Gasteiger charge is -2.31. The van der Waals surface area contributed by atoms with Gasteiger partial charge in [0.1, 0.15) is 0 Å². The third-order valence-electron chi connectivity index (χ3n) is 2.72. The fourth-order valence-corrected chi connectivity index (χ4v) is 2.02. The number of likely N-dealkylation sites (tertiary alicyclic amines) is 1. The van der Waals surface area contributed by atoms with Crippen LogP contribution >= 0.6 is 11.6 Å². The Morgan fingerprint density at radius 1 is 1.47 bits per heavy atom. The molecular weight excluding hydrogens is 214 g/mol. The second-order valence-corrected chi connectivity index (χ2v) is 4.21. The molecule has 1 aliphatic heterocycles. The van der Waals surface area contributed by atoms with Crippen LogP contribution in [-0.4, -0.2) is 42.5 Å². The molecule has 0 unspecified atom stereocenters. The van der Waals surface area contributed by atoms with E-state index in [1.807, 2.05) is 11.8 Å². The van der Waals surface area contributed by atoms with E-state index in [0.29, 0.717) is 18.4 Å². The molecular formula is C11H20ClNO2. The van der Waals surface area contributed by atoms with E-state index >= 15 is 0 Å². The average Bonchev–Trinajstić information content (AvgIpc) is 2.27. The SMILES string of the molecule is CCOC1CCN(C(=O)CCCCl)CC1. The van der Waals surface area contributed by atoms with Crippen molar-refractivity contribution in [1.82, 2.24) is 4.90 Å². The summed E-state index contributed by atoms with van der Waals surface area (Å²) >= 11 is 5.56. The van der Waals surface area contributed by atoms with Gasteiger partial charge in [0, 0.05) is 32.0 Å². The van der Waals surface area contributed by atoms with Crippen molar-refractivity contribution < 1.29 is 9.53 Å². The highest BCUT2D eigenvalue weighted by Crippen LogP contribution is 2.14. The van der Waals surface area contributed by atoms with Crippen LogP contribution in [0.5, 0.6) is 0 Å². The Morgan fingerprint density at radius 3 is 2.67 bits per heavy atom. The lowest BCUT2D eigenvalue weighted by molar-refractivity contribution is -0.133. The summed E-state index contributed by atoms with van der Waals surface area (Å²) in [4.78, 5) is 13.6. The Hall–Kier alpha value is -0.280. The molecule has 0 spiro atoms. The topological polar surface area (TPSA) is 29.5 Å². The highest BCUT2D eigenvalue weighted by molar-refractivity contribution is 6.17. The second kappa shape index (κ2) is 7.07. The van der Waals surface area contributed by atoms with Crippen molar-refractivity contribution in [2.45, 2.75) is 38.7 Å². The number of carbonyl (C=O) groups excluding carboxylic acids is 1. The van der Waals surface area contributed by atoms with Gasteiger partial charge in [0.05, 0.1) is 6.10 Å². The maximum Gasteiger partial charge on any atom is 0.222 e. The molecule has 1 amide bonds.